The van der Waals surface area contributed by atoms with Crippen molar-refractivity contribution in [2.75, 3.05) is 44.4 Å². The highest BCUT2D eigenvalue weighted by Crippen LogP contribution is 2.26. The summed E-state index contributed by atoms with van der Waals surface area (Å²) in [5, 5.41) is 9.53. The number of hydrogen-bond acceptors (Lipinski definition) is 5. The Kier molecular flexibility index (Phi) is 7.47. The average Bonchev–Trinajstić information content (AvgIpc) is 2.66. The molecule has 0 bridgehead atoms. The van der Waals surface area contributed by atoms with Gasteiger partial charge in [0.15, 0.2) is 0 Å². The minimum absolute atomic E-state index is 0.277. The van der Waals surface area contributed by atoms with E-state index < -0.39 is 0 Å². The SMILES string of the molecule is CCOc1ccc(CN2CCN(C3CCSCC3)C[C@H]2CCO)cc1. The van der Waals surface area contributed by atoms with Gasteiger partial charge in [-0.25, -0.2) is 0 Å². The summed E-state index contributed by atoms with van der Waals surface area (Å²) in [7, 11) is 0. The van der Waals surface area contributed by atoms with E-state index in [0.717, 1.165) is 44.4 Å². The third-order valence-corrected chi connectivity index (χ3v) is 6.47. The molecule has 25 heavy (non-hydrogen) atoms. The molecule has 4 nitrogen and oxygen atoms in total. The first-order chi connectivity index (χ1) is 12.3. The Morgan fingerprint density at radius 3 is 2.60 bits per heavy atom. The van der Waals surface area contributed by atoms with E-state index in [1.54, 1.807) is 0 Å². The number of nitrogens with zero attached hydrogens (tertiary/aromatic N) is 2. The lowest BCUT2D eigenvalue weighted by Gasteiger charge is -2.45. The highest BCUT2D eigenvalue weighted by Gasteiger charge is 2.31. The molecule has 3 rings (SSSR count). The molecule has 0 saturated carbocycles. The quantitative estimate of drug-likeness (QED) is 0.805. The Balaban J connectivity index is 1.58. The molecule has 2 saturated heterocycles. The number of thioether (sulfide) groups is 1. The van der Waals surface area contributed by atoms with Gasteiger partial charge < -0.3 is 9.84 Å². The molecule has 140 valence electrons. The minimum atomic E-state index is 0.277. The van der Waals surface area contributed by atoms with Crippen molar-refractivity contribution < 1.29 is 9.84 Å². The van der Waals surface area contributed by atoms with Gasteiger partial charge in [-0.3, -0.25) is 9.80 Å². The van der Waals surface area contributed by atoms with Crippen molar-refractivity contribution in [2.24, 2.45) is 0 Å². The smallest absolute Gasteiger partial charge is 0.119 e. The van der Waals surface area contributed by atoms with Crippen molar-refractivity contribution in [3.63, 3.8) is 0 Å². The Morgan fingerprint density at radius 1 is 1.16 bits per heavy atom. The molecule has 0 spiro atoms. The maximum Gasteiger partial charge on any atom is 0.119 e. The van der Waals surface area contributed by atoms with Crippen LogP contribution in [0.2, 0.25) is 0 Å². The standard InChI is InChI=1S/C20H32N2O2S/c1-2-24-20-5-3-17(4-6-20)15-21-10-11-22(16-19(21)7-12-23)18-8-13-25-14-9-18/h3-6,18-19,23H,2,7-16H2,1H3/t19-/m1/s1. The molecule has 0 unspecified atom stereocenters. The number of benzene rings is 1. The highest BCUT2D eigenvalue weighted by atomic mass is 32.2. The second-order valence-electron chi connectivity index (χ2n) is 7.05. The fourth-order valence-electron chi connectivity index (χ4n) is 4.02. The van der Waals surface area contributed by atoms with E-state index in [-0.39, 0.29) is 6.61 Å². The van der Waals surface area contributed by atoms with Crippen molar-refractivity contribution in [3.8, 4) is 5.75 Å². The van der Waals surface area contributed by atoms with E-state index in [0.29, 0.717) is 12.6 Å². The van der Waals surface area contributed by atoms with Crippen molar-refractivity contribution in [3.05, 3.63) is 29.8 Å². The van der Waals surface area contributed by atoms with Crippen LogP contribution in [0.5, 0.6) is 5.75 Å². The van der Waals surface area contributed by atoms with Crippen LogP contribution in [0.1, 0.15) is 31.7 Å². The molecule has 1 atom stereocenters. The summed E-state index contributed by atoms with van der Waals surface area (Å²) in [5.74, 6) is 3.56. The summed E-state index contributed by atoms with van der Waals surface area (Å²) in [6.07, 6.45) is 3.53. The van der Waals surface area contributed by atoms with E-state index in [1.807, 2.05) is 6.92 Å². The first kappa shape index (κ1) is 19.0. The minimum Gasteiger partial charge on any atom is -0.494 e. The molecule has 5 heteroatoms. The highest BCUT2D eigenvalue weighted by molar-refractivity contribution is 7.99. The van der Waals surface area contributed by atoms with Gasteiger partial charge in [0.2, 0.25) is 0 Å². The number of piperazine rings is 1. The molecule has 0 radical (unpaired) electrons. The lowest BCUT2D eigenvalue weighted by Crippen LogP contribution is -2.56. The van der Waals surface area contributed by atoms with Crippen molar-refractivity contribution in [2.45, 2.75) is 44.8 Å². The molecule has 2 aliphatic rings. The molecule has 1 aromatic carbocycles. The second-order valence-corrected chi connectivity index (χ2v) is 8.28. The van der Waals surface area contributed by atoms with Crippen LogP contribution in [0.15, 0.2) is 24.3 Å². The second kappa shape index (κ2) is 9.81. The van der Waals surface area contributed by atoms with Crippen LogP contribution in [0.4, 0.5) is 0 Å². The molecular weight excluding hydrogens is 332 g/mol. The van der Waals surface area contributed by atoms with Crippen molar-refractivity contribution in [1.82, 2.24) is 9.80 Å². The number of rotatable bonds is 7. The van der Waals surface area contributed by atoms with Gasteiger partial charge in [0, 0.05) is 44.9 Å². The molecule has 0 amide bonds. The maximum absolute atomic E-state index is 9.53. The first-order valence-corrected chi connectivity index (χ1v) is 10.8. The van der Waals surface area contributed by atoms with Crippen molar-refractivity contribution >= 4 is 11.8 Å². The van der Waals surface area contributed by atoms with E-state index in [2.05, 4.69) is 45.8 Å². The van der Waals surface area contributed by atoms with Crippen LogP contribution in [0, 0.1) is 0 Å². The number of aliphatic hydroxyl groups excluding tert-OH is 1. The number of ether oxygens (including phenoxy) is 1. The summed E-state index contributed by atoms with van der Waals surface area (Å²) in [4.78, 5) is 5.24. The van der Waals surface area contributed by atoms with E-state index in [1.165, 1.54) is 29.9 Å². The van der Waals surface area contributed by atoms with Gasteiger partial charge in [-0.1, -0.05) is 12.1 Å². The van der Waals surface area contributed by atoms with Crippen molar-refractivity contribution in [1.29, 1.82) is 0 Å². The Labute approximate surface area is 156 Å². The first-order valence-electron chi connectivity index (χ1n) is 9.68. The Morgan fingerprint density at radius 2 is 1.92 bits per heavy atom. The normalized spacial score (nSPS) is 23.7. The fourth-order valence-corrected chi connectivity index (χ4v) is 5.10. The molecule has 2 aliphatic heterocycles. The summed E-state index contributed by atoms with van der Waals surface area (Å²) in [6, 6.07) is 9.69. The van der Waals surface area contributed by atoms with Crippen LogP contribution >= 0.6 is 11.8 Å². The average molecular weight is 365 g/mol. The zero-order chi connectivity index (χ0) is 17.5. The summed E-state index contributed by atoms with van der Waals surface area (Å²) < 4.78 is 5.54. The lowest BCUT2D eigenvalue weighted by molar-refractivity contribution is 0.0292. The van der Waals surface area contributed by atoms with Crippen LogP contribution in [-0.4, -0.2) is 71.3 Å². The van der Waals surface area contributed by atoms with Gasteiger partial charge in [0.25, 0.3) is 0 Å². The summed E-state index contributed by atoms with van der Waals surface area (Å²) in [5.41, 5.74) is 1.33. The van der Waals surface area contributed by atoms with Gasteiger partial charge >= 0.3 is 0 Å². The van der Waals surface area contributed by atoms with E-state index >= 15 is 0 Å². The number of hydrogen-bond donors (Lipinski definition) is 1. The molecular formula is C20H32N2O2S. The van der Waals surface area contributed by atoms with Crippen LogP contribution in [0.25, 0.3) is 0 Å². The monoisotopic (exact) mass is 364 g/mol. The molecule has 0 aromatic heterocycles. The zero-order valence-corrected chi connectivity index (χ0v) is 16.2. The van der Waals surface area contributed by atoms with E-state index in [4.69, 9.17) is 4.74 Å². The largest absolute Gasteiger partial charge is 0.494 e. The molecule has 1 aromatic rings. The summed E-state index contributed by atoms with van der Waals surface area (Å²) in [6.45, 7) is 7.32. The van der Waals surface area contributed by atoms with Gasteiger partial charge in [-0.2, -0.15) is 11.8 Å². The molecule has 2 heterocycles. The van der Waals surface area contributed by atoms with Crippen LogP contribution < -0.4 is 4.74 Å². The van der Waals surface area contributed by atoms with Gasteiger partial charge in [-0.05, 0) is 55.4 Å². The summed E-state index contributed by atoms with van der Waals surface area (Å²) >= 11 is 2.09. The van der Waals surface area contributed by atoms with Gasteiger partial charge in [0.05, 0.1) is 6.61 Å². The molecule has 0 aliphatic carbocycles. The Bertz CT molecular complexity index is 505. The lowest BCUT2D eigenvalue weighted by atomic mass is 10.0. The topological polar surface area (TPSA) is 35.9 Å². The predicted octanol–water partition coefficient (Wildman–Crippen LogP) is 2.85. The molecule has 1 N–H and O–H groups in total. The molecule has 2 fully saturated rings. The maximum atomic E-state index is 9.53. The van der Waals surface area contributed by atoms with Crippen LogP contribution in [0.3, 0.4) is 0 Å². The number of aliphatic hydroxyl groups is 1. The zero-order valence-electron chi connectivity index (χ0n) is 15.4. The van der Waals surface area contributed by atoms with Gasteiger partial charge in [0.1, 0.15) is 5.75 Å². The van der Waals surface area contributed by atoms with Gasteiger partial charge in [-0.15, -0.1) is 0 Å². The predicted molar refractivity (Wildman–Crippen MR) is 105 cm³/mol. The third kappa shape index (κ3) is 5.36. The fraction of sp³-hybridized carbons (Fsp3) is 0.700. The third-order valence-electron chi connectivity index (χ3n) is 5.43. The Hall–Kier alpha value is -0.750. The van der Waals surface area contributed by atoms with E-state index in [9.17, 15) is 5.11 Å². The van der Waals surface area contributed by atoms with Crippen LogP contribution in [-0.2, 0) is 6.54 Å².